The van der Waals surface area contributed by atoms with E-state index < -0.39 is 0 Å². The number of fused-ring (bicyclic) bond motifs is 1. The molecule has 1 N–H and O–H groups in total. The number of aromatic nitrogens is 1. The molecule has 1 heterocycles. The number of rotatable bonds is 6. The molecular formula is C19H20N2OS. The number of carbonyl (C=O) groups excluding carboxylic acids is 1. The lowest BCUT2D eigenvalue weighted by Crippen LogP contribution is -2.26. The van der Waals surface area contributed by atoms with Gasteiger partial charge in [0, 0.05) is 6.42 Å². The monoisotopic (exact) mass is 324 g/mol. The molecule has 0 spiro atoms. The van der Waals surface area contributed by atoms with E-state index in [0.717, 1.165) is 28.9 Å². The average molecular weight is 324 g/mol. The van der Waals surface area contributed by atoms with Crippen LogP contribution in [0.5, 0.6) is 0 Å². The summed E-state index contributed by atoms with van der Waals surface area (Å²) in [4.78, 5) is 16.7. The van der Waals surface area contributed by atoms with E-state index >= 15 is 0 Å². The summed E-state index contributed by atoms with van der Waals surface area (Å²) in [6.45, 7) is 2.01. The number of amides is 1. The third-order valence-corrected chi connectivity index (χ3v) is 4.91. The number of nitrogens with one attached hydrogen (secondary N) is 1. The van der Waals surface area contributed by atoms with Crippen molar-refractivity contribution >= 4 is 27.5 Å². The lowest BCUT2D eigenvalue weighted by Gasteiger charge is -2.14. The topological polar surface area (TPSA) is 42.0 Å². The first-order chi connectivity index (χ1) is 11.2. The van der Waals surface area contributed by atoms with Crippen LogP contribution in [0.3, 0.4) is 0 Å². The van der Waals surface area contributed by atoms with Gasteiger partial charge < -0.3 is 5.32 Å². The number of carbonyl (C=O) groups is 1. The highest BCUT2D eigenvalue weighted by molar-refractivity contribution is 7.18. The van der Waals surface area contributed by atoms with Crippen molar-refractivity contribution in [2.45, 2.75) is 32.2 Å². The van der Waals surface area contributed by atoms with E-state index in [9.17, 15) is 4.79 Å². The predicted octanol–water partition coefficient (Wildman–Crippen LogP) is 4.50. The van der Waals surface area contributed by atoms with E-state index in [0.29, 0.717) is 6.42 Å². The molecule has 0 saturated carbocycles. The maximum Gasteiger partial charge on any atom is 0.220 e. The minimum absolute atomic E-state index is 0.0474. The number of hydrogen-bond donors (Lipinski definition) is 1. The first kappa shape index (κ1) is 15.7. The van der Waals surface area contributed by atoms with Gasteiger partial charge in [-0.1, -0.05) is 42.5 Å². The molecule has 3 nitrogen and oxygen atoms in total. The van der Waals surface area contributed by atoms with E-state index in [1.165, 1.54) is 4.70 Å². The number of benzene rings is 2. The Hall–Kier alpha value is -2.20. The van der Waals surface area contributed by atoms with Crippen LogP contribution in [0, 0.1) is 0 Å². The van der Waals surface area contributed by atoms with Crippen molar-refractivity contribution < 1.29 is 4.79 Å². The molecule has 118 valence electrons. The fourth-order valence-electron chi connectivity index (χ4n) is 2.57. The minimum Gasteiger partial charge on any atom is -0.350 e. The van der Waals surface area contributed by atoms with E-state index in [1.807, 2.05) is 55.5 Å². The van der Waals surface area contributed by atoms with Crippen LogP contribution in [-0.4, -0.2) is 10.9 Å². The lowest BCUT2D eigenvalue weighted by atomic mass is 10.1. The molecule has 1 aromatic heterocycles. The van der Waals surface area contributed by atoms with Crippen molar-refractivity contribution in [3.8, 4) is 0 Å². The molecule has 3 rings (SSSR count). The molecule has 0 radical (unpaired) electrons. The molecule has 0 aliphatic heterocycles. The van der Waals surface area contributed by atoms with E-state index in [1.54, 1.807) is 11.3 Å². The van der Waals surface area contributed by atoms with Gasteiger partial charge in [0.25, 0.3) is 0 Å². The van der Waals surface area contributed by atoms with Crippen molar-refractivity contribution in [1.29, 1.82) is 0 Å². The Kier molecular flexibility index (Phi) is 5.03. The molecule has 0 aliphatic carbocycles. The molecule has 0 saturated heterocycles. The lowest BCUT2D eigenvalue weighted by molar-refractivity contribution is -0.121. The standard InChI is InChI=1S/C19H20N2OS/c1-14(15-8-3-2-4-9-15)20-18(22)12-7-13-19-21-16-10-5-6-11-17(16)23-19/h2-6,8-11,14H,7,12-13H2,1H3,(H,20,22). The zero-order chi connectivity index (χ0) is 16.1. The van der Waals surface area contributed by atoms with E-state index in [-0.39, 0.29) is 11.9 Å². The van der Waals surface area contributed by atoms with Gasteiger partial charge in [-0.15, -0.1) is 11.3 Å². The Morgan fingerprint density at radius 1 is 1.13 bits per heavy atom. The average Bonchev–Trinajstić information content (AvgIpc) is 2.98. The summed E-state index contributed by atoms with van der Waals surface area (Å²) in [5, 5.41) is 4.16. The largest absolute Gasteiger partial charge is 0.350 e. The summed E-state index contributed by atoms with van der Waals surface area (Å²) < 4.78 is 1.21. The van der Waals surface area contributed by atoms with Crippen molar-refractivity contribution in [2.24, 2.45) is 0 Å². The Balaban J connectivity index is 1.47. The second kappa shape index (κ2) is 7.38. The summed E-state index contributed by atoms with van der Waals surface area (Å²) in [6, 6.07) is 18.2. The van der Waals surface area contributed by atoms with Gasteiger partial charge in [-0.3, -0.25) is 4.79 Å². The highest BCUT2D eigenvalue weighted by Gasteiger charge is 2.10. The van der Waals surface area contributed by atoms with Gasteiger partial charge in [-0.2, -0.15) is 0 Å². The third kappa shape index (κ3) is 4.17. The second-order valence-corrected chi connectivity index (χ2v) is 6.74. The van der Waals surface area contributed by atoms with Crippen LogP contribution in [0.2, 0.25) is 0 Å². The highest BCUT2D eigenvalue weighted by atomic mass is 32.1. The van der Waals surface area contributed by atoms with Crippen molar-refractivity contribution in [3.63, 3.8) is 0 Å². The minimum atomic E-state index is 0.0474. The van der Waals surface area contributed by atoms with Gasteiger partial charge in [-0.25, -0.2) is 4.98 Å². The van der Waals surface area contributed by atoms with Crippen LogP contribution in [0.15, 0.2) is 54.6 Å². The Bertz CT molecular complexity index is 749. The Labute approximate surface area is 140 Å². The molecule has 1 amide bonds. The smallest absolute Gasteiger partial charge is 0.220 e. The molecule has 1 unspecified atom stereocenters. The first-order valence-corrected chi connectivity index (χ1v) is 8.73. The first-order valence-electron chi connectivity index (χ1n) is 7.91. The van der Waals surface area contributed by atoms with Gasteiger partial charge in [-0.05, 0) is 37.5 Å². The highest BCUT2D eigenvalue weighted by Crippen LogP contribution is 2.22. The predicted molar refractivity (Wildman–Crippen MR) is 95.6 cm³/mol. The van der Waals surface area contributed by atoms with Crippen molar-refractivity contribution in [3.05, 3.63) is 65.2 Å². The number of aryl methyl sites for hydroxylation is 1. The van der Waals surface area contributed by atoms with Crippen LogP contribution in [0.4, 0.5) is 0 Å². The summed E-state index contributed by atoms with van der Waals surface area (Å²) in [5.41, 5.74) is 2.18. The molecular weight excluding hydrogens is 304 g/mol. The zero-order valence-electron chi connectivity index (χ0n) is 13.2. The van der Waals surface area contributed by atoms with Crippen molar-refractivity contribution in [1.82, 2.24) is 10.3 Å². The Morgan fingerprint density at radius 3 is 2.65 bits per heavy atom. The molecule has 0 fully saturated rings. The molecule has 4 heteroatoms. The Morgan fingerprint density at radius 2 is 1.87 bits per heavy atom. The van der Waals surface area contributed by atoms with E-state index in [4.69, 9.17) is 0 Å². The third-order valence-electron chi connectivity index (χ3n) is 3.81. The van der Waals surface area contributed by atoms with Crippen LogP contribution >= 0.6 is 11.3 Å². The number of hydrogen-bond acceptors (Lipinski definition) is 3. The molecule has 0 bridgehead atoms. The SMILES string of the molecule is CC(NC(=O)CCCc1nc2ccccc2s1)c1ccccc1. The maximum absolute atomic E-state index is 12.1. The number of nitrogens with zero attached hydrogens (tertiary/aromatic N) is 1. The van der Waals surface area contributed by atoms with Gasteiger partial charge in [0.05, 0.1) is 21.3 Å². The van der Waals surface area contributed by atoms with Gasteiger partial charge >= 0.3 is 0 Å². The van der Waals surface area contributed by atoms with Crippen molar-refractivity contribution in [2.75, 3.05) is 0 Å². The summed E-state index contributed by atoms with van der Waals surface area (Å²) in [7, 11) is 0. The summed E-state index contributed by atoms with van der Waals surface area (Å²) >= 11 is 1.72. The van der Waals surface area contributed by atoms with Crippen LogP contribution in [0.1, 0.15) is 36.4 Å². The normalized spacial score (nSPS) is 12.2. The van der Waals surface area contributed by atoms with Gasteiger partial charge in [0.1, 0.15) is 0 Å². The van der Waals surface area contributed by atoms with Crippen LogP contribution in [-0.2, 0) is 11.2 Å². The van der Waals surface area contributed by atoms with Gasteiger partial charge in [0.15, 0.2) is 0 Å². The maximum atomic E-state index is 12.1. The molecule has 3 aromatic rings. The van der Waals surface area contributed by atoms with Crippen LogP contribution < -0.4 is 5.32 Å². The van der Waals surface area contributed by atoms with Crippen LogP contribution in [0.25, 0.3) is 10.2 Å². The molecule has 1 atom stereocenters. The number of para-hydroxylation sites is 1. The zero-order valence-corrected chi connectivity index (χ0v) is 14.0. The molecule has 0 aliphatic rings. The molecule has 2 aromatic carbocycles. The fourth-order valence-corrected chi connectivity index (χ4v) is 3.57. The number of thiazole rings is 1. The second-order valence-electron chi connectivity index (χ2n) is 5.63. The summed E-state index contributed by atoms with van der Waals surface area (Å²) in [6.07, 6.45) is 2.22. The quantitative estimate of drug-likeness (QED) is 0.725. The van der Waals surface area contributed by atoms with Gasteiger partial charge in [0.2, 0.25) is 5.91 Å². The molecule has 23 heavy (non-hydrogen) atoms. The fraction of sp³-hybridized carbons (Fsp3) is 0.263. The van der Waals surface area contributed by atoms with E-state index in [2.05, 4.69) is 16.4 Å². The summed E-state index contributed by atoms with van der Waals surface area (Å²) in [5.74, 6) is 0.0995.